The van der Waals surface area contributed by atoms with E-state index in [9.17, 15) is 9.59 Å². The smallest absolute Gasteiger partial charge is 0.335 e. The van der Waals surface area contributed by atoms with Crippen LogP contribution in [0.1, 0.15) is 45.7 Å². The van der Waals surface area contributed by atoms with E-state index in [0.717, 1.165) is 24.2 Å². The molecule has 1 heterocycles. The third-order valence-corrected chi connectivity index (χ3v) is 4.56. The first-order valence-electron chi connectivity index (χ1n) is 8.30. The van der Waals surface area contributed by atoms with Crippen LogP contribution in [0.25, 0.3) is 0 Å². The normalized spacial score (nSPS) is 13.8. The average molecular weight is 339 g/mol. The Labute approximate surface area is 146 Å². The molecule has 130 valence electrons. The quantitative estimate of drug-likeness (QED) is 0.873. The molecule has 1 aromatic carbocycles. The lowest BCUT2D eigenvalue weighted by Crippen LogP contribution is -2.37. The van der Waals surface area contributed by atoms with Crippen molar-refractivity contribution in [2.24, 2.45) is 0 Å². The number of benzene rings is 1. The van der Waals surface area contributed by atoms with Gasteiger partial charge in [0.15, 0.2) is 0 Å². The number of aromatic nitrogens is 1. The van der Waals surface area contributed by atoms with E-state index in [1.165, 1.54) is 18.6 Å². The lowest BCUT2D eigenvalue weighted by molar-refractivity contribution is 0.0696. The van der Waals surface area contributed by atoms with E-state index in [-0.39, 0.29) is 11.5 Å². The average Bonchev–Trinajstić information content (AvgIpc) is 2.53. The van der Waals surface area contributed by atoms with Gasteiger partial charge in [0.1, 0.15) is 11.5 Å². The molecule has 3 rings (SSSR count). The molecule has 0 atom stereocenters. The summed E-state index contributed by atoms with van der Waals surface area (Å²) in [4.78, 5) is 30.0. The molecule has 2 N–H and O–H groups in total. The van der Waals surface area contributed by atoms with Gasteiger partial charge in [0.2, 0.25) is 0 Å². The van der Waals surface area contributed by atoms with Crippen LogP contribution in [0.3, 0.4) is 0 Å². The van der Waals surface area contributed by atoms with Crippen molar-refractivity contribution < 1.29 is 14.7 Å². The Balaban J connectivity index is 1.77. The van der Waals surface area contributed by atoms with Crippen molar-refractivity contribution >= 4 is 23.4 Å². The second-order valence-corrected chi connectivity index (χ2v) is 6.42. The highest BCUT2D eigenvalue weighted by Crippen LogP contribution is 2.27. The Morgan fingerprint density at radius 3 is 2.44 bits per heavy atom. The van der Waals surface area contributed by atoms with Gasteiger partial charge in [-0.2, -0.15) is 0 Å². The van der Waals surface area contributed by atoms with Gasteiger partial charge >= 0.3 is 5.97 Å². The molecule has 1 amide bonds. The lowest BCUT2D eigenvalue weighted by atomic mass is 9.92. The number of nitrogens with one attached hydrogen (secondary N) is 1. The lowest BCUT2D eigenvalue weighted by Gasteiger charge is -2.35. The number of rotatable bonds is 5. The van der Waals surface area contributed by atoms with Crippen LogP contribution in [0.2, 0.25) is 0 Å². The summed E-state index contributed by atoms with van der Waals surface area (Å²) in [6.45, 7) is 1.94. The number of carboxylic acids is 1. The number of aryl methyl sites for hydroxylation is 1. The second-order valence-electron chi connectivity index (χ2n) is 6.42. The van der Waals surface area contributed by atoms with Gasteiger partial charge in [-0.3, -0.25) is 4.79 Å². The monoisotopic (exact) mass is 339 g/mol. The Morgan fingerprint density at radius 1 is 1.20 bits per heavy atom. The van der Waals surface area contributed by atoms with Gasteiger partial charge in [-0.05, 0) is 68.1 Å². The summed E-state index contributed by atoms with van der Waals surface area (Å²) in [5.74, 6) is -0.506. The Hall–Kier alpha value is -2.89. The van der Waals surface area contributed by atoms with Crippen LogP contribution in [0.4, 0.5) is 11.5 Å². The molecule has 1 aliphatic carbocycles. The zero-order chi connectivity index (χ0) is 18.0. The number of hydrogen-bond acceptors (Lipinski definition) is 4. The number of anilines is 2. The molecule has 0 saturated heterocycles. The third kappa shape index (κ3) is 3.79. The molecule has 1 aromatic heterocycles. The van der Waals surface area contributed by atoms with Crippen LogP contribution < -0.4 is 10.2 Å². The van der Waals surface area contributed by atoms with Crippen molar-refractivity contribution in [3.63, 3.8) is 0 Å². The summed E-state index contributed by atoms with van der Waals surface area (Å²) in [6.07, 6.45) is 3.55. The SMILES string of the molecule is Cc1cc(C(=O)Nc2ccc(C(=O)O)cc2)nc(N(C)C2CCC2)c1. The maximum atomic E-state index is 12.5. The molecule has 0 radical (unpaired) electrons. The number of aromatic carboxylic acids is 1. The minimum absolute atomic E-state index is 0.177. The summed E-state index contributed by atoms with van der Waals surface area (Å²) in [5, 5.41) is 11.7. The predicted molar refractivity (Wildman–Crippen MR) is 96.4 cm³/mol. The fourth-order valence-corrected chi connectivity index (χ4v) is 2.80. The fraction of sp³-hybridized carbons (Fsp3) is 0.316. The molecule has 0 unspecified atom stereocenters. The Morgan fingerprint density at radius 2 is 1.88 bits per heavy atom. The van der Waals surface area contributed by atoms with E-state index in [1.54, 1.807) is 18.2 Å². The molecule has 2 aromatic rings. The molecule has 6 heteroatoms. The highest BCUT2D eigenvalue weighted by molar-refractivity contribution is 6.03. The molecule has 25 heavy (non-hydrogen) atoms. The molecule has 0 spiro atoms. The summed E-state index contributed by atoms with van der Waals surface area (Å²) < 4.78 is 0. The molecular formula is C19H21N3O3. The molecule has 1 saturated carbocycles. The number of pyridine rings is 1. The van der Waals surface area contributed by atoms with Crippen LogP contribution in [-0.2, 0) is 0 Å². The van der Waals surface area contributed by atoms with Crippen LogP contribution in [0.5, 0.6) is 0 Å². The largest absolute Gasteiger partial charge is 0.478 e. The first-order valence-corrected chi connectivity index (χ1v) is 8.30. The number of carboxylic acid groups (broad SMARTS) is 1. The van der Waals surface area contributed by atoms with E-state index in [0.29, 0.717) is 17.4 Å². The molecule has 0 aliphatic heterocycles. The zero-order valence-electron chi connectivity index (χ0n) is 14.3. The second kappa shape index (κ2) is 6.93. The highest BCUT2D eigenvalue weighted by atomic mass is 16.4. The molecule has 6 nitrogen and oxygen atoms in total. The maximum absolute atomic E-state index is 12.5. The standard InChI is InChI=1S/C19H21N3O3/c1-12-10-16(21-17(11-12)22(2)15-4-3-5-15)18(23)20-14-8-6-13(7-9-14)19(24)25/h6-11,15H,3-5H2,1-2H3,(H,20,23)(H,24,25). The first kappa shape index (κ1) is 17.0. The number of amides is 1. The van der Waals surface area contributed by atoms with E-state index in [4.69, 9.17) is 5.11 Å². The van der Waals surface area contributed by atoms with Crippen molar-refractivity contribution in [2.75, 3.05) is 17.3 Å². The van der Waals surface area contributed by atoms with Gasteiger partial charge in [0.25, 0.3) is 5.91 Å². The van der Waals surface area contributed by atoms with E-state index in [1.807, 2.05) is 20.0 Å². The molecular weight excluding hydrogens is 318 g/mol. The van der Waals surface area contributed by atoms with Gasteiger partial charge < -0.3 is 15.3 Å². The number of carbonyl (C=O) groups is 2. The maximum Gasteiger partial charge on any atom is 0.335 e. The van der Waals surface area contributed by atoms with Gasteiger partial charge in [-0.1, -0.05) is 0 Å². The van der Waals surface area contributed by atoms with Gasteiger partial charge in [-0.15, -0.1) is 0 Å². The molecule has 1 fully saturated rings. The van der Waals surface area contributed by atoms with Gasteiger partial charge in [0.05, 0.1) is 5.56 Å². The summed E-state index contributed by atoms with van der Waals surface area (Å²) >= 11 is 0. The van der Waals surface area contributed by atoms with Crippen LogP contribution in [0.15, 0.2) is 36.4 Å². The molecule has 0 bridgehead atoms. The first-order chi connectivity index (χ1) is 11.9. The fourth-order valence-electron chi connectivity index (χ4n) is 2.80. The van der Waals surface area contributed by atoms with Crippen molar-refractivity contribution in [1.82, 2.24) is 4.98 Å². The number of carbonyl (C=O) groups excluding carboxylic acids is 1. The summed E-state index contributed by atoms with van der Waals surface area (Å²) in [5.41, 5.74) is 2.04. The zero-order valence-corrected chi connectivity index (χ0v) is 14.3. The van der Waals surface area contributed by atoms with Gasteiger partial charge in [0, 0.05) is 18.8 Å². The van der Waals surface area contributed by atoms with Crippen molar-refractivity contribution in [2.45, 2.75) is 32.2 Å². The minimum Gasteiger partial charge on any atom is -0.478 e. The number of nitrogens with zero attached hydrogens (tertiary/aromatic N) is 2. The van der Waals surface area contributed by atoms with E-state index < -0.39 is 5.97 Å². The van der Waals surface area contributed by atoms with Gasteiger partial charge in [-0.25, -0.2) is 9.78 Å². The summed E-state index contributed by atoms with van der Waals surface area (Å²) in [7, 11) is 2.01. The predicted octanol–water partition coefficient (Wildman–Crippen LogP) is 3.33. The Bertz CT molecular complexity index is 798. The van der Waals surface area contributed by atoms with E-state index in [2.05, 4.69) is 15.2 Å². The molecule has 1 aliphatic rings. The number of hydrogen-bond donors (Lipinski definition) is 2. The van der Waals surface area contributed by atoms with Crippen molar-refractivity contribution in [1.29, 1.82) is 0 Å². The van der Waals surface area contributed by atoms with Crippen LogP contribution in [-0.4, -0.2) is 35.1 Å². The third-order valence-electron chi connectivity index (χ3n) is 4.56. The van der Waals surface area contributed by atoms with Crippen molar-refractivity contribution in [3.8, 4) is 0 Å². The minimum atomic E-state index is -0.998. The Kier molecular flexibility index (Phi) is 4.70. The highest BCUT2D eigenvalue weighted by Gasteiger charge is 2.24. The summed E-state index contributed by atoms with van der Waals surface area (Å²) in [6, 6.07) is 10.3. The van der Waals surface area contributed by atoms with Crippen LogP contribution in [0, 0.1) is 6.92 Å². The van der Waals surface area contributed by atoms with Crippen LogP contribution >= 0.6 is 0 Å². The topological polar surface area (TPSA) is 82.5 Å². The van der Waals surface area contributed by atoms with Crippen molar-refractivity contribution in [3.05, 3.63) is 53.2 Å². The van der Waals surface area contributed by atoms with E-state index >= 15 is 0 Å².